The Kier molecular flexibility index (Phi) is 8.11. The molecular formula is C30H35F2N7O2S. The number of amides is 1. The number of piperazine rings is 1. The van der Waals surface area contributed by atoms with E-state index < -0.39 is 11.9 Å². The van der Waals surface area contributed by atoms with Crippen molar-refractivity contribution in [3.8, 4) is 0 Å². The number of halogens is 2. The molecule has 222 valence electrons. The lowest BCUT2D eigenvalue weighted by Gasteiger charge is -2.36. The monoisotopic (exact) mass is 595 g/mol. The van der Waals surface area contributed by atoms with Gasteiger partial charge in [0.2, 0.25) is 5.91 Å². The van der Waals surface area contributed by atoms with Gasteiger partial charge in [0.1, 0.15) is 11.6 Å². The van der Waals surface area contributed by atoms with E-state index in [2.05, 4.69) is 14.8 Å². The van der Waals surface area contributed by atoms with Gasteiger partial charge in [0, 0.05) is 64.0 Å². The van der Waals surface area contributed by atoms with Crippen molar-refractivity contribution in [2.45, 2.75) is 32.3 Å². The minimum absolute atomic E-state index is 0.0474. The van der Waals surface area contributed by atoms with Gasteiger partial charge < -0.3 is 19.8 Å². The summed E-state index contributed by atoms with van der Waals surface area (Å²) < 4.78 is 31.0. The summed E-state index contributed by atoms with van der Waals surface area (Å²) in [4.78, 5) is 30.0. The zero-order valence-electron chi connectivity index (χ0n) is 23.8. The molecule has 3 aromatic rings. The molecule has 12 heteroatoms. The number of allylic oxidation sites excluding steroid dienone is 6. The van der Waals surface area contributed by atoms with Crippen molar-refractivity contribution in [1.82, 2.24) is 24.2 Å². The summed E-state index contributed by atoms with van der Waals surface area (Å²) in [6.45, 7) is 6.04. The van der Waals surface area contributed by atoms with E-state index in [0.29, 0.717) is 65.1 Å². The lowest BCUT2D eigenvalue weighted by atomic mass is 10.2. The summed E-state index contributed by atoms with van der Waals surface area (Å²) in [7, 11) is 1.91. The Balaban J connectivity index is 1.21. The van der Waals surface area contributed by atoms with Crippen LogP contribution in [0.2, 0.25) is 0 Å². The predicted molar refractivity (Wildman–Crippen MR) is 161 cm³/mol. The van der Waals surface area contributed by atoms with Gasteiger partial charge in [0.25, 0.3) is 0 Å². The van der Waals surface area contributed by atoms with Crippen LogP contribution in [0.3, 0.4) is 0 Å². The van der Waals surface area contributed by atoms with Crippen molar-refractivity contribution >= 4 is 45.1 Å². The van der Waals surface area contributed by atoms with E-state index in [9.17, 15) is 14.3 Å². The minimum Gasteiger partial charge on any atom is -0.391 e. The number of thiazole rings is 1. The van der Waals surface area contributed by atoms with Crippen LogP contribution in [-0.4, -0.2) is 94.1 Å². The third-order valence-corrected chi connectivity index (χ3v) is 9.03. The molecule has 0 aromatic carbocycles. The van der Waals surface area contributed by atoms with Crippen molar-refractivity contribution in [3.05, 3.63) is 65.0 Å². The standard InChI is InChI=1S/C30H35F2N7O2S/c1-3-25-29(35(2)30-34-26(19-42-30)20-5-4-6-21(31)8-7-20)39-16-22(15-24(32)28(39)33-25)37-13-11-36(12-14-37)18-27(41)38-10-9-23(40)17-38/h5-8,15-16,19,23,40H,3-4,9-14,17-18H2,1-2H3/t23-/m1/s1. The van der Waals surface area contributed by atoms with Gasteiger partial charge >= 0.3 is 0 Å². The summed E-state index contributed by atoms with van der Waals surface area (Å²) >= 11 is 1.47. The first-order valence-electron chi connectivity index (χ1n) is 14.4. The second kappa shape index (κ2) is 11.9. The number of hydrogen-bond donors (Lipinski definition) is 1. The Hall–Kier alpha value is -3.61. The minimum atomic E-state index is -0.423. The third-order valence-electron chi connectivity index (χ3n) is 8.12. The molecule has 3 aliphatic rings. The number of likely N-dealkylation sites (tertiary alicyclic amines) is 1. The van der Waals surface area contributed by atoms with E-state index >= 15 is 4.39 Å². The van der Waals surface area contributed by atoms with Crippen molar-refractivity contribution in [3.63, 3.8) is 0 Å². The Morgan fingerprint density at radius 3 is 2.69 bits per heavy atom. The highest BCUT2D eigenvalue weighted by Crippen LogP contribution is 2.35. The molecule has 1 atom stereocenters. The van der Waals surface area contributed by atoms with Gasteiger partial charge in [-0.3, -0.25) is 14.1 Å². The molecule has 1 amide bonds. The van der Waals surface area contributed by atoms with E-state index in [1.54, 1.807) is 11.0 Å². The average Bonchev–Trinajstić information content (AvgIpc) is 3.70. The molecule has 2 saturated heterocycles. The van der Waals surface area contributed by atoms with Crippen molar-refractivity contribution < 1.29 is 18.7 Å². The van der Waals surface area contributed by atoms with Gasteiger partial charge in [-0.2, -0.15) is 0 Å². The molecule has 0 bridgehead atoms. The van der Waals surface area contributed by atoms with Crippen LogP contribution in [0, 0.1) is 5.82 Å². The number of aliphatic hydroxyl groups is 1. The van der Waals surface area contributed by atoms with Crippen molar-refractivity contribution in [2.24, 2.45) is 0 Å². The molecular weight excluding hydrogens is 560 g/mol. The topological polar surface area (TPSA) is 80.5 Å². The maximum Gasteiger partial charge on any atom is 0.236 e. The number of aliphatic hydroxyl groups excluding tert-OH is 1. The summed E-state index contributed by atoms with van der Waals surface area (Å²) in [5.74, 6) is 0.147. The van der Waals surface area contributed by atoms with Crippen LogP contribution in [0.4, 0.5) is 25.4 Å². The summed E-state index contributed by atoms with van der Waals surface area (Å²) in [5, 5.41) is 12.4. The molecule has 0 saturated carbocycles. The molecule has 2 fully saturated rings. The van der Waals surface area contributed by atoms with Crippen LogP contribution in [0.5, 0.6) is 0 Å². The van der Waals surface area contributed by atoms with E-state index in [1.807, 2.05) is 40.9 Å². The fourth-order valence-electron chi connectivity index (χ4n) is 5.75. The molecule has 1 N–H and O–H groups in total. The number of carbonyl (C=O) groups excluding carboxylic acids is 1. The zero-order valence-corrected chi connectivity index (χ0v) is 24.7. The predicted octanol–water partition coefficient (Wildman–Crippen LogP) is 4.17. The summed E-state index contributed by atoms with van der Waals surface area (Å²) in [6, 6.07) is 1.54. The highest BCUT2D eigenvalue weighted by atomic mass is 32.1. The first-order valence-corrected chi connectivity index (χ1v) is 15.3. The molecule has 0 spiro atoms. The molecule has 42 heavy (non-hydrogen) atoms. The lowest BCUT2D eigenvalue weighted by Crippen LogP contribution is -2.50. The SMILES string of the molecule is CCc1nc2c(F)cc(N3CCN(CC(=O)N4CC[C@@H](O)C4)CC3)cn2c1N(C)c1nc(C2=CCC=C(F)C=C2)cs1. The first kappa shape index (κ1) is 28.5. The number of nitrogens with zero attached hydrogens (tertiary/aromatic N) is 7. The maximum absolute atomic E-state index is 15.5. The van der Waals surface area contributed by atoms with E-state index in [-0.39, 0.29) is 17.4 Å². The number of hydrogen-bond acceptors (Lipinski definition) is 8. The van der Waals surface area contributed by atoms with E-state index in [4.69, 9.17) is 4.98 Å². The van der Waals surface area contributed by atoms with Gasteiger partial charge in [-0.25, -0.2) is 18.7 Å². The van der Waals surface area contributed by atoms with Crippen molar-refractivity contribution in [1.29, 1.82) is 0 Å². The number of fused-ring (bicyclic) bond motifs is 1. The average molecular weight is 596 g/mol. The van der Waals surface area contributed by atoms with Crippen LogP contribution in [-0.2, 0) is 11.2 Å². The smallest absolute Gasteiger partial charge is 0.236 e. The highest BCUT2D eigenvalue weighted by Gasteiger charge is 2.28. The number of aromatic nitrogens is 3. The lowest BCUT2D eigenvalue weighted by molar-refractivity contribution is -0.131. The molecule has 1 aliphatic carbocycles. The summed E-state index contributed by atoms with van der Waals surface area (Å²) in [5.41, 5.74) is 3.40. The molecule has 6 rings (SSSR count). The molecule has 2 aliphatic heterocycles. The maximum atomic E-state index is 15.5. The molecule has 0 unspecified atom stereocenters. The second-order valence-electron chi connectivity index (χ2n) is 10.9. The van der Waals surface area contributed by atoms with Gasteiger partial charge in [-0.05, 0) is 37.0 Å². The Morgan fingerprint density at radius 2 is 1.95 bits per heavy atom. The van der Waals surface area contributed by atoms with Gasteiger partial charge in [-0.15, -0.1) is 11.3 Å². The number of anilines is 3. The van der Waals surface area contributed by atoms with Gasteiger partial charge in [0.15, 0.2) is 16.6 Å². The van der Waals surface area contributed by atoms with E-state index in [0.717, 1.165) is 33.6 Å². The Morgan fingerprint density at radius 1 is 1.14 bits per heavy atom. The second-order valence-corrected chi connectivity index (χ2v) is 11.7. The fourth-order valence-corrected chi connectivity index (χ4v) is 6.55. The van der Waals surface area contributed by atoms with Crippen LogP contribution >= 0.6 is 11.3 Å². The van der Waals surface area contributed by atoms with Crippen LogP contribution in [0.15, 0.2) is 47.8 Å². The zero-order chi connectivity index (χ0) is 29.4. The quantitative estimate of drug-likeness (QED) is 0.439. The van der Waals surface area contributed by atoms with Gasteiger partial charge in [-0.1, -0.05) is 19.1 Å². The number of pyridine rings is 1. The fraction of sp³-hybridized carbons (Fsp3) is 0.433. The van der Waals surface area contributed by atoms with Crippen molar-refractivity contribution in [2.75, 3.05) is 62.7 Å². The number of imidazole rings is 1. The van der Waals surface area contributed by atoms with Gasteiger partial charge in [0.05, 0.1) is 29.7 Å². The Bertz CT molecular complexity index is 1570. The molecule has 0 radical (unpaired) electrons. The van der Waals surface area contributed by atoms with Crippen LogP contribution in [0.25, 0.3) is 11.2 Å². The first-order chi connectivity index (χ1) is 20.3. The summed E-state index contributed by atoms with van der Waals surface area (Å²) in [6.07, 6.45) is 9.92. The Labute approximate surface area is 247 Å². The van der Waals surface area contributed by atoms with E-state index in [1.165, 1.54) is 29.6 Å². The molecule has 9 nitrogen and oxygen atoms in total. The van der Waals surface area contributed by atoms with Crippen LogP contribution in [0.1, 0.15) is 31.2 Å². The normalized spacial score (nSPS) is 19.8. The number of rotatable bonds is 7. The number of β-amino-alcohol motifs (C(OH)–C–C–N with tert-alkyl or cyclic N) is 1. The molecule has 5 heterocycles. The van der Waals surface area contributed by atoms with Crippen LogP contribution < -0.4 is 9.80 Å². The highest BCUT2D eigenvalue weighted by molar-refractivity contribution is 7.14. The molecule has 3 aromatic heterocycles. The largest absolute Gasteiger partial charge is 0.391 e. The number of carbonyl (C=O) groups is 1. The third kappa shape index (κ3) is 5.70. The number of aryl methyl sites for hydroxylation is 1.